The minimum absolute atomic E-state index is 1.08. The highest BCUT2D eigenvalue weighted by atomic mass is 15.1. The fourth-order valence-corrected chi connectivity index (χ4v) is 9.05. The fourth-order valence-electron chi connectivity index (χ4n) is 9.05. The summed E-state index contributed by atoms with van der Waals surface area (Å²) in [5.74, 6) is 0. The van der Waals surface area contributed by atoms with E-state index in [2.05, 4.69) is 240 Å². The first kappa shape index (κ1) is 33.6. The van der Waals surface area contributed by atoms with E-state index in [1.54, 1.807) is 0 Å². The van der Waals surface area contributed by atoms with Crippen LogP contribution in [0.2, 0.25) is 0 Å². The minimum Gasteiger partial charge on any atom is -0.309 e. The molecular formula is C56H38N2. The van der Waals surface area contributed by atoms with Gasteiger partial charge in [-0.05, 0) is 92.5 Å². The van der Waals surface area contributed by atoms with Gasteiger partial charge in [0.15, 0.2) is 0 Å². The Labute approximate surface area is 338 Å². The number of benzene rings is 10. The van der Waals surface area contributed by atoms with Crippen molar-refractivity contribution in [2.75, 3.05) is 4.90 Å². The summed E-state index contributed by atoms with van der Waals surface area (Å²) in [5.41, 5.74) is 14.0. The lowest BCUT2D eigenvalue weighted by Gasteiger charge is -2.31. The van der Waals surface area contributed by atoms with Crippen molar-refractivity contribution in [1.82, 2.24) is 4.57 Å². The van der Waals surface area contributed by atoms with Crippen molar-refractivity contribution in [3.63, 3.8) is 0 Å². The highest BCUT2D eigenvalue weighted by molar-refractivity contribution is 6.22. The van der Waals surface area contributed by atoms with Gasteiger partial charge in [0.2, 0.25) is 0 Å². The zero-order chi connectivity index (χ0) is 38.4. The van der Waals surface area contributed by atoms with Crippen molar-refractivity contribution >= 4 is 60.4 Å². The van der Waals surface area contributed by atoms with Gasteiger partial charge in [0.1, 0.15) is 0 Å². The van der Waals surface area contributed by atoms with E-state index in [0.29, 0.717) is 0 Å². The van der Waals surface area contributed by atoms with Crippen LogP contribution in [0.4, 0.5) is 17.1 Å². The topological polar surface area (TPSA) is 8.17 Å². The first-order valence-corrected chi connectivity index (χ1v) is 19.9. The van der Waals surface area contributed by atoms with Crippen molar-refractivity contribution in [3.05, 3.63) is 231 Å². The molecule has 0 amide bonds. The van der Waals surface area contributed by atoms with E-state index in [9.17, 15) is 0 Å². The van der Waals surface area contributed by atoms with Crippen molar-refractivity contribution < 1.29 is 0 Å². The van der Waals surface area contributed by atoms with Crippen LogP contribution in [-0.2, 0) is 0 Å². The molecule has 0 N–H and O–H groups in total. The molecule has 0 aliphatic carbocycles. The largest absolute Gasteiger partial charge is 0.309 e. The number of para-hydroxylation sites is 3. The molecule has 2 heteroatoms. The number of hydrogen-bond acceptors (Lipinski definition) is 1. The van der Waals surface area contributed by atoms with Crippen LogP contribution in [0.1, 0.15) is 0 Å². The molecule has 58 heavy (non-hydrogen) atoms. The molecule has 0 bridgehead atoms. The van der Waals surface area contributed by atoms with E-state index in [0.717, 1.165) is 28.3 Å². The maximum Gasteiger partial charge on any atom is 0.0624 e. The Bertz CT molecular complexity index is 3230. The maximum absolute atomic E-state index is 2.48. The average molecular weight is 739 g/mol. The molecule has 0 radical (unpaired) electrons. The molecule has 0 atom stereocenters. The summed E-state index contributed by atoms with van der Waals surface area (Å²) in [5, 5.41) is 7.36. The number of nitrogens with zero attached hydrogens (tertiary/aromatic N) is 2. The van der Waals surface area contributed by atoms with Crippen LogP contribution in [0, 0.1) is 0 Å². The second kappa shape index (κ2) is 14.1. The van der Waals surface area contributed by atoms with Gasteiger partial charge in [0.25, 0.3) is 0 Å². The van der Waals surface area contributed by atoms with Gasteiger partial charge < -0.3 is 9.47 Å². The summed E-state index contributed by atoms with van der Waals surface area (Å²) in [6.07, 6.45) is 0. The van der Waals surface area contributed by atoms with Gasteiger partial charge in [-0.1, -0.05) is 182 Å². The molecule has 2 nitrogen and oxygen atoms in total. The van der Waals surface area contributed by atoms with E-state index in [1.807, 2.05) is 0 Å². The molecular weight excluding hydrogens is 701 g/mol. The summed E-state index contributed by atoms with van der Waals surface area (Å²) >= 11 is 0. The van der Waals surface area contributed by atoms with Crippen molar-refractivity contribution in [2.24, 2.45) is 0 Å². The SMILES string of the molecule is c1ccc(-c2ccccc2-c2cccc(-c3c(N(c4ccccc4)c4cccc(-n5c6ccccc6c6ccccc65)c4)c4ccccc4c4ccccc34)c2)cc1. The maximum atomic E-state index is 2.48. The summed E-state index contributed by atoms with van der Waals surface area (Å²) in [7, 11) is 0. The second-order valence-electron chi connectivity index (χ2n) is 14.9. The number of aromatic nitrogens is 1. The fraction of sp³-hybridized carbons (Fsp3) is 0. The third-order valence-corrected chi connectivity index (χ3v) is 11.5. The smallest absolute Gasteiger partial charge is 0.0624 e. The number of fused-ring (bicyclic) bond motifs is 6. The normalized spacial score (nSPS) is 11.4. The van der Waals surface area contributed by atoms with E-state index in [-0.39, 0.29) is 0 Å². The standard InChI is InChI=1S/C56H38N2/c1-3-19-39(20-4-1)45-27-7-8-28-46(45)40-21-17-22-41(37-40)55-51-33-11-9-29-47(51)48-30-10-12-34-52(48)56(55)57(42-23-5-2-6-24-42)43-25-18-26-44(38-43)58-53-35-15-13-31-49(53)50-32-14-16-36-54(50)58/h1-38H. The number of anilines is 3. The lowest BCUT2D eigenvalue weighted by Crippen LogP contribution is -2.13. The predicted molar refractivity (Wildman–Crippen MR) is 247 cm³/mol. The van der Waals surface area contributed by atoms with Crippen LogP contribution in [0.25, 0.3) is 82.4 Å². The third kappa shape index (κ3) is 5.57. The molecule has 0 spiro atoms. The molecule has 11 rings (SSSR count). The highest BCUT2D eigenvalue weighted by Gasteiger charge is 2.24. The first-order valence-electron chi connectivity index (χ1n) is 19.9. The van der Waals surface area contributed by atoms with E-state index < -0.39 is 0 Å². The Hall–Kier alpha value is -7.68. The number of hydrogen-bond donors (Lipinski definition) is 0. The van der Waals surface area contributed by atoms with Gasteiger partial charge in [-0.25, -0.2) is 0 Å². The lowest BCUT2D eigenvalue weighted by atomic mass is 9.88. The lowest BCUT2D eigenvalue weighted by molar-refractivity contribution is 1.17. The zero-order valence-corrected chi connectivity index (χ0v) is 31.8. The molecule has 1 heterocycles. The molecule has 10 aromatic carbocycles. The Morgan fingerprint density at radius 3 is 1.45 bits per heavy atom. The van der Waals surface area contributed by atoms with Gasteiger partial charge >= 0.3 is 0 Å². The van der Waals surface area contributed by atoms with Crippen molar-refractivity contribution in [3.8, 4) is 39.1 Å². The van der Waals surface area contributed by atoms with Gasteiger partial charge in [0, 0.05) is 38.8 Å². The molecule has 0 saturated heterocycles. The van der Waals surface area contributed by atoms with Crippen LogP contribution in [0.3, 0.4) is 0 Å². The monoisotopic (exact) mass is 738 g/mol. The molecule has 0 aliphatic rings. The Morgan fingerprint density at radius 2 is 0.759 bits per heavy atom. The van der Waals surface area contributed by atoms with Gasteiger partial charge in [-0.2, -0.15) is 0 Å². The van der Waals surface area contributed by atoms with Crippen LogP contribution in [0.5, 0.6) is 0 Å². The van der Waals surface area contributed by atoms with E-state index >= 15 is 0 Å². The van der Waals surface area contributed by atoms with Crippen molar-refractivity contribution in [1.29, 1.82) is 0 Å². The Kier molecular flexibility index (Phi) is 8.19. The summed E-state index contributed by atoms with van der Waals surface area (Å²) < 4.78 is 2.41. The molecule has 0 unspecified atom stereocenters. The van der Waals surface area contributed by atoms with Crippen LogP contribution in [0.15, 0.2) is 231 Å². The summed E-state index contributed by atoms with van der Waals surface area (Å²) in [4.78, 5) is 2.48. The zero-order valence-electron chi connectivity index (χ0n) is 31.8. The predicted octanol–water partition coefficient (Wildman–Crippen LogP) is 15.6. The third-order valence-electron chi connectivity index (χ3n) is 11.5. The molecule has 1 aromatic heterocycles. The summed E-state index contributed by atoms with van der Waals surface area (Å²) in [6.45, 7) is 0. The highest BCUT2D eigenvalue weighted by Crippen LogP contribution is 2.50. The molecule has 0 aliphatic heterocycles. The Balaban J connectivity index is 1.20. The second-order valence-corrected chi connectivity index (χ2v) is 14.9. The molecule has 272 valence electrons. The Morgan fingerprint density at radius 1 is 0.293 bits per heavy atom. The molecule has 0 saturated carbocycles. The molecule has 0 fully saturated rings. The van der Waals surface area contributed by atoms with Gasteiger partial charge in [-0.15, -0.1) is 0 Å². The minimum atomic E-state index is 1.08. The first-order chi connectivity index (χ1) is 28.8. The summed E-state index contributed by atoms with van der Waals surface area (Å²) in [6, 6.07) is 83.8. The van der Waals surface area contributed by atoms with Crippen LogP contribution in [-0.4, -0.2) is 4.57 Å². The van der Waals surface area contributed by atoms with E-state index in [1.165, 1.54) is 71.2 Å². The van der Waals surface area contributed by atoms with E-state index in [4.69, 9.17) is 0 Å². The quantitative estimate of drug-likeness (QED) is 0.148. The number of rotatable bonds is 7. The van der Waals surface area contributed by atoms with Crippen LogP contribution < -0.4 is 4.90 Å². The van der Waals surface area contributed by atoms with Gasteiger partial charge in [0.05, 0.1) is 16.7 Å². The molecule has 11 aromatic rings. The van der Waals surface area contributed by atoms with Gasteiger partial charge in [-0.3, -0.25) is 0 Å². The van der Waals surface area contributed by atoms with Crippen molar-refractivity contribution in [2.45, 2.75) is 0 Å². The van der Waals surface area contributed by atoms with Crippen LogP contribution >= 0.6 is 0 Å². The average Bonchev–Trinajstić information content (AvgIpc) is 3.64.